The van der Waals surface area contributed by atoms with E-state index in [1.165, 1.54) is 37.3 Å². The first-order valence-electron chi connectivity index (χ1n) is 6.10. The van der Waals surface area contributed by atoms with Gasteiger partial charge in [0.25, 0.3) is 5.91 Å². The molecule has 0 saturated heterocycles. The number of nitrogens with one attached hydrogen (secondary N) is 2. The van der Waals surface area contributed by atoms with Gasteiger partial charge in [0.05, 0.1) is 11.3 Å². The second-order valence-corrected chi connectivity index (χ2v) is 4.31. The minimum Gasteiger partial charge on any atom is -0.326 e. The van der Waals surface area contributed by atoms with Crippen LogP contribution in [0.1, 0.15) is 17.3 Å². The second-order valence-electron chi connectivity index (χ2n) is 4.31. The van der Waals surface area contributed by atoms with E-state index in [1.54, 1.807) is 0 Å². The van der Waals surface area contributed by atoms with Crippen molar-refractivity contribution in [2.24, 2.45) is 0 Å². The van der Waals surface area contributed by atoms with Crippen LogP contribution in [-0.4, -0.2) is 11.8 Å². The maximum atomic E-state index is 13.7. The van der Waals surface area contributed by atoms with Gasteiger partial charge in [-0.1, -0.05) is 12.1 Å². The van der Waals surface area contributed by atoms with Crippen LogP contribution in [0, 0.1) is 11.6 Å². The quantitative estimate of drug-likeness (QED) is 0.912. The first-order valence-corrected chi connectivity index (χ1v) is 6.10. The molecule has 6 heteroatoms. The third kappa shape index (κ3) is 3.62. The van der Waals surface area contributed by atoms with Crippen LogP contribution in [0.15, 0.2) is 42.5 Å². The molecular formula is C15H12F2N2O2. The van der Waals surface area contributed by atoms with Crippen molar-refractivity contribution in [3.05, 3.63) is 59.7 Å². The maximum Gasteiger partial charge on any atom is 0.258 e. The van der Waals surface area contributed by atoms with Crippen molar-refractivity contribution in [2.75, 3.05) is 10.6 Å². The fraction of sp³-hybridized carbons (Fsp3) is 0.0667. The van der Waals surface area contributed by atoms with Gasteiger partial charge >= 0.3 is 0 Å². The van der Waals surface area contributed by atoms with Crippen LogP contribution in [0.5, 0.6) is 0 Å². The summed E-state index contributed by atoms with van der Waals surface area (Å²) >= 11 is 0. The molecule has 0 spiro atoms. The predicted molar refractivity (Wildman–Crippen MR) is 75.1 cm³/mol. The van der Waals surface area contributed by atoms with Crippen LogP contribution >= 0.6 is 0 Å². The van der Waals surface area contributed by atoms with Crippen molar-refractivity contribution in [2.45, 2.75) is 6.92 Å². The lowest BCUT2D eigenvalue weighted by atomic mass is 10.2. The lowest BCUT2D eigenvalue weighted by Gasteiger charge is -2.09. The molecule has 0 unspecified atom stereocenters. The molecule has 0 aromatic heterocycles. The maximum absolute atomic E-state index is 13.7. The zero-order valence-corrected chi connectivity index (χ0v) is 11.1. The second kappa shape index (κ2) is 6.13. The van der Waals surface area contributed by atoms with Gasteiger partial charge in [-0.15, -0.1) is 0 Å². The van der Waals surface area contributed by atoms with Crippen LogP contribution in [0.25, 0.3) is 0 Å². The fourth-order valence-electron chi connectivity index (χ4n) is 1.74. The average Bonchev–Trinajstić information content (AvgIpc) is 2.42. The van der Waals surface area contributed by atoms with Gasteiger partial charge in [-0.05, 0) is 30.3 Å². The summed E-state index contributed by atoms with van der Waals surface area (Å²) in [5, 5.41) is 4.74. The van der Waals surface area contributed by atoms with Crippen molar-refractivity contribution in [1.29, 1.82) is 0 Å². The van der Waals surface area contributed by atoms with E-state index in [0.29, 0.717) is 5.69 Å². The molecule has 0 aliphatic carbocycles. The fourth-order valence-corrected chi connectivity index (χ4v) is 1.74. The van der Waals surface area contributed by atoms with E-state index in [0.717, 1.165) is 12.1 Å². The molecule has 2 amide bonds. The summed E-state index contributed by atoms with van der Waals surface area (Å²) in [6.07, 6.45) is 0. The Labute approximate surface area is 119 Å². The Hall–Kier alpha value is -2.76. The van der Waals surface area contributed by atoms with Crippen molar-refractivity contribution >= 4 is 23.2 Å². The molecule has 0 aliphatic heterocycles. The number of anilines is 2. The first kappa shape index (κ1) is 14.6. The molecule has 0 radical (unpaired) electrons. The molecule has 0 aliphatic rings. The van der Waals surface area contributed by atoms with Crippen LogP contribution in [0.3, 0.4) is 0 Å². The molecule has 2 aromatic carbocycles. The SMILES string of the molecule is CC(=O)Nc1ccc(F)c(NC(=O)c2ccccc2F)c1. The summed E-state index contributed by atoms with van der Waals surface area (Å²) in [5.41, 5.74) is -0.0101. The molecule has 2 N–H and O–H groups in total. The Morgan fingerprint density at radius 3 is 2.33 bits per heavy atom. The van der Waals surface area contributed by atoms with Gasteiger partial charge in [-0.2, -0.15) is 0 Å². The minimum atomic E-state index is -0.771. The number of carbonyl (C=O) groups is 2. The van der Waals surface area contributed by atoms with E-state index >= 15 is 0 Å². The highest BCUT2D eigenvalue weighted by Gasteiger charge is 2.13. The molecular weight excluding hydrogens is 278 g/mol. The molecule has 0 fully saturated rings. The van der Waals surface area contributed by atoms with E-state index in [2.05, 4.69) is 10.6 Å². The summed E-state index contributed by atoms with van der Waals surface area (Å²) < 4.78 is 27.1. The van der Waals surface area contributed by atoms with Crippen LogP contribution in [-0.2, 0) is 4.79 Å². The van der Waals surface area contributed by atoms with Gasteiger partial charge < -0.3 is 10.6 Å². The summed E-state index contributed by atoms with van der Waals surface area (Å²) in [7, 11) is 0. The van der Waals surface area contributed by atoms with Gasteiger partial charge in [0.1, 0.15) is 11.6 Å². The van der Waals surface area contributed by atoms with E-state index < -0.39 is 17.5 Å². The summed E-state index contributed by atoms with van der Waals surface area (Å²) in [6, 6.07) is 9.10. The molecule has 0 bridgehead atoms. The highest BCUT2D eigenvalue weighted by atomic mass is 19.1. The Morgan fingerprint density at radius 2 is 1.67 bits per heavy atom. The third-order valence-electron chi connectivity index (χ3n) is 2.65. The van der Waals surface area contributed by atoms with E-state index in [1.807, 2.05) is 0 Å². The van der Waals surface area contributed by atoms with Crippen molar-refractivity contribution in [1.82, 2.24) is 0 Å². The first-order chi connectivity index (χ1) is 9.97. The summed E-state index contributed by atoms with van der Waals surface area (Å²) in [6.45, 7) is 1.31. The highest BCUT2D eigenvalue weighted by molar-refractivity contribution is 6.04. The van der Waals surface area contributed by atoms with Crippen molar-refractivity contribution in [3.8, 4) is 0 Å². The van der Waals surface area contributed by atoms with Crippen LogP contribution in [0.4, 0.5) is 20.2 Å². The van der Waals surface area contributed by atoms with Crippen molar-refractivity contribution in [3.63, 3.8) is 0 Å². The van der Waals surface area contributed by atoms with Gasteiger partial charge in [0.15, 0.2) is 0 Å². The minimum absolute atomic E-state index is 0.144. The number of amides is 2. The topological polar surface area (TPSA) is 58.2 Å². The van der Waals surface area contributed by atoms with Gasteiger partial charge in [0, 0.05) is 12.6 Å². The monoisotopic (exact) mass is 290 g/mol. The standard InChI is InChI=1S/C15H12F2N2O2/c1-9(20)18-10-6-7-13(17)14(8-10)19-15(21)11-4-2-3-5-12(11)16/h2-8H,1H3,(H,18,20)(H,19,21). The molecule has 4 nitrogen and oxygen atoms in total. The summed E-state index contributed by atoms with van der Waals surface area (Å²) in [5.74, 6) is -2.48. The van der Waals surface area contributed by atoms with Crippen molar-refractivity contribution < 1.29 is 18.4 Å². The molecule has 0 heterocycles. The normalized spacial score (nSPS) is 10.0. The van der Waals surface area contributed by atoms with E-state index in [-0.39, 0.29) is 17.2 Å². The lowest BCUT2D eigenvalue weighted by molar-refractivity contribution is -0.114. The smallest absolute Gasteiger partial charge is 0.258 e. The zero-order valence-electron chi connectivity index (χ0n) is 11.1. The molecule has 0 atom stereocenters. The van der Waals surface area contributed by atoms with E-state index in [9.17, 15) is 18.4 Å². The van der Waals surface area contributed by atoms with Crippen LogP contribution < -0.4 is 10.6 Å². The van der Waals surface area contributed by atoms with Crippen LogP contribution in [0.2, 0.25) is 0 Å². The van der Waals surface area contributed by atoms with Gasteiger partial charge in [0.2, 0.25) is 5.91 Å². The number of rotatable bonds is 3. The molecule has 108 valence electrons. The number of hydrogen-bond acceptors (Lipinski definition) is 2. The summed E-state index contributed by atoms with van der Waals surface area (Å²) in [4.78, 5) is 22.9. The van der Waals surface area contributed by atoms with E-state index in [4.69, 9.17) is 0 Å². The Bertz CT molecular complexity index is 702. The highest BCUT2D eigenvalue weighted by Crippen LogP contribution is 2.21. The molecule has 2 rings (SSSR count). The Morgan fingerprint density at radius 1 is 0.952 bits per heavy atom. The number of carbonyl (C=O) groups excluding carboxylic acids is 2. The predicted octanol–water partition coefficient (Wildman–Crippen LogP) is 3.18. The zero-order chi connectivity index (χ0) is 15.4. The van der Waals surface area contributed by atoms with Gasteiger partial charge in [-0.25, -0.2) is 8.78 Å². The third-order valence-corrected chi connectivity index (χ3v) is 2.65. The van der Waals surface area contributed by atoms with Gasteiger partial charge in [-0.3, -0.25) is 9.59 Å². The Kier molecular flexibility index (Phi) is 4.27. The lowest BCUT2D eigenvalue weighted by Crippen LogP contribution is -2.15. The number of hydrogen-bond donors (Lipinski definition) is 2. The molecule has 0 saturated carbocycles. The molecule has 2 aromatic rings. The average molecular weight is 290 g/mol. The largest absolute Gasteiger partial charge is 0.326 e. The molecule has 21 heavy (non-hydrogen) atoms. The number of halogens is 2. The Balaban J connectivity index is 2.24. The number of benzene rings is 2.